The first-order valence-corrected chi connectivity index (χ1v) is 6.93. The van der Waals surface area contributed by atoms with E-state index in [1.807, 2.05) is 31.2 Å². The van der Waals surface area contributed by atoms with Gasteiger partial charge in [-0.15, -0.1) is 0 Å². The van der Waals surface area contributed by atoms with Crippen LogP contribution < -0.4 is 10.1 Å². The Morgan fingerprint density at radius 3 is 2.50 bits per heavy atom. The number of nitrogens with one attached hydrogen (secondary N) is 1. The number of halogens is 2. The second-order valence-electron chi connectivity index (χ2n) is 4.80. The van der Waals surface area contributed by atoms with Crippen LogP contribution in [0.5, 0.6) is 5.75 Å². The largest absolute Gasteiger partial charge is 0.494 e. The maximum absolute atomic E-state index is 13.9. The predicted molar refractivity (Wildman–Crippen MR) is 80.7 cm³/mol. The molecular weight excluding hydrogens is 286 g/mol. The lowest BCUT2D eigenvalue weighted by atomic mass is 10.1. The van der Waals surface area contributed by atoms with Gasteiger partial charge in [-0.3, -0.25) is 0 Å². The molecule has 2 aromatic carbocycles. The van der Waals surface area contributed by atoms with Gasteiger partial charge in [0.2, 0.25) is 0 Å². The van der Waals surface area contributed by atoms with Gasteiger partial charge >= 0.3 is 0 Å². The van der Waals surface area contributed by atoms with E-state index in [9.17, 15) is 8.78 Å². The molecule has 5 heteroatoms. The lowest BCUT2D eigenvalue weighted by molar-refractivity contribution is 0.340. The van der Waals surface area contributed by atoms with Crippen molar-refractivity contribution in [3.63, 3.8) is 0 Å². The summed E-state index contributed by atoms with van der Waals surface area (Å²) in [5.74, 6) is -0.872. The molecule has 0 saturated carbocycles. The molecule has 0 fully saturated rings. The van der Waals surface area contributed by atoms with Crippen molar-refractivity contribution in [3.8, 4) is 11.8 Å². The van der Waals surface area contributed by atoms with Crippen LogP contribution in [0, 0.1) is 23.0 Å². The molecule has 0 aliphatic rings. The lowest BCUT2D eigenvalue weighted by Gasteiger charge is -2.18. The molecule has 0 aliphatic heterocycles. The molecule has 22 heavy (non-hydrogen) atoms. The number of nitrogens with zero attached hydrogens (tertiary/aromatic N) is 1. The third kappa shape index (κ3) is 3.53. The van der Waals surface area contributed by atoms with Crippen LogP contribution in [0.25, 0.3) is 0 Å². The number of rotatable bonds is 5. The number of nitriles is 1. The minimum absolute atomic E-state index is 0.0495. The van der Waals surface area contributed by atoms with Crippen molar-refractivity contribution in [3.05, 3.63) is 59.2 Å². The van der Waals surface area contributed by atoms with Crippen LogP contribution in [0.2, 0.25) is 0 Å². The van der Waals surface area contributed by atoms with Crippen molar-refractivity contribution < 1.29 is 13.5 Å². The maximum atomic E-state index is 13.9. The van der Waals surface area contributed by atoms with Crippen LogP contribution in [0.1, 0.15) is 31.0 Å². The van der Waals surface area contributed by atoms with Gasteiger partial charge in [-0.25, -0.2) is 8.78 Å². The number of hydrogen-bond acceptors (Lipinski definition) is 3. The highest BCUT2D eigenvalue weighted by Gasteiger charge is 2.15. The Bertz CT molecular complexity index is 687. The highest BCUT2D eigenvalue weighted by atomic mass is 19.1. The van der Waals surface area contributed by atoms with Crippen molar-refractivity contribution in [2.45, 2.75) is 19.9 Å². The van der Waals surface area contributed by atoms with Crippen LogP contribution in [0.4, 0.5) is 14.5 Å². The van der Waals surface area contributed by atoms with Crippen molar-refractivity contribution in [1.29, 1.82) is 5.26 Å². The average molecular weight is 302 g/mol. The molecule has 3 nitrogen and oxygen atoms in total. The molecule has 114 valence electrons. The van der Waals surface area contributed by atoms with Gasteiger partial charge < -0.3 is 10.1 Å². The molecule has 0 bridgehead atoms. The first kappa shape index (κ1) is 15.8. The summed E-state index contributed by atoms with van der Waals surface area (Å²) >= 11 is 0. The van der Waals surface area contributed by atoms with Gasteiger partial charge in [0, 0.05) is 6.04 Å². The number of anilines is 1. The third-order valence-electron chi connectivity index (χ3n) is 3.20. The van der Waals surface area contributed by atoms with Gasteiger partial charge in [0.05, 0.1) is 18.2 Å². The topological polar surface area (TPSA) is 45.0 Å². The van der Waals surface area contributed by atoms with E-state index in [1.54, 1.807) is 13.0 Å². The van der Waals surface area contributed by atoms with E-state index in [0.29, 0.717) is 12.4 Å². The first-order valence-electron chi connectivity index (χ1n) is 6.93. The van der Waals surface area contributed by atoms with Gasteiger partial charge in [0.15, 0.2) is 11.6 Å². The summed E-state index contributed by atoms with van der Waals surface area (Å²) in [4.78, 5) is 0. The van der Waals surface area contributed by atoms with E-state index in [-0.39, 0.29) is 17.3 Å². The van der Waals surface area contributed by atoms with Crippen LogP contribution in [-0.2, 0) is 0 Å². The number of ether oxygens (including phenoxy) is 1. The Morgan fingerprint density at radius 2 is 1.91 bits per heavy atom. The van der Waals surface area contributed by atoms with Gasteiger partial charge in [-0.1, -0.05) is 12.1 Å². The quantitative estimate of drug-likeness (QED) is 0.890. The Balaban J connectivity index is 2.24. The summed E-state index contributed by atoms with van der Waals surface area (Å²) in [5.41, 5.74) is 0.550. The van der Waals surface area contributed by atoms with E-state index in [4.69, 9.17) is 10.00 Å². The van der Waals surface area contributed by atoms with Gasteiger partial charge in [0.1, 0.15) is 11.4 Å². The fourth-order valence-corrected chi connectivity index (χ4v) is 2.12. The molecule has 0 amide bonds. The molecule has 1 unspecified atom stereocenters. The Labute approximate surface area is 128 Å². The standard InChI is InChI=1S/C17H16F2N2O/c1-3-22-14-6-4-5-13(9-14)11(2)21-17-15(18)7-12(10-20)8-16(17)19/h4-9,11,21H,3H2,1-2H3. The monoisotopic (exact) mass is 302 g/mol. The van der Waals surface area contributed by atoms with Gasteiger partial charge in [-0.05, 0) is 43.7 Å². The minimum atomic E-state index is -0.788. The second kappa shape index (κ2) is 6.90. The molecule has 0 heterocycles. The van der Waals surface area contributed by atoms with E-state index in [2.05, 4.69) is 5.32 Å². The average Bonchev–Trinajstić information content (AvgIpc) is 2.51. The minimum Gasteiger partial charge on any atom is -0.494 e. The highest BCUT2D eigenvalue weighted by Crippen LogP contribution is 2.27. The van der Waals surface area contributed by atoms with Crippen molar-refractivity contribution in [1.82, 2.24) is 0 Å². The smallest absolute Gasteiger partial charge is 0.150 e. The van der Waals surface area contributed by atoms with Crippen LogP contribution in [0.3, 0.4) is 0 Å². The first-order chi connectivity index (χ1) is 10.5. The summed E-state index contributed by atoms with van der Waals surface area (Å²) in [6.07, 6.45) is 0. The SMILES string of the molecule is CCOc1cccc(C(C)Nc2c(F)cc(C#N)cc2F)c1. The van der Waals surface area contributed by atoms with E-state index >= 15 is 0 Å². The molecule has 1 atom stereocenters. The molecule has 0 aromatic heterocycles. The maximum Gasteiger partial charge on any atom is 0.150 e. The molecule has 0 saturated heterocycles. The Hall–Kier alpha value is -2.61. The van der Waals surface area contributed by atoms with E-state index in [1.165, 1.54) is 0 Å². The molecule has 2 aromatic rings. The highest BCUT2D eigenvalue weighted by molar-refractivity contribution is 5.52. The molecule has 2 rings (SSSR count). The molecule has 0 aliphatic carbocycles. The van der Waals surface area contributed by atoms with Gasteiger partial charge in [0.25, 0.3) is 0 Å². The second-order valence-corrected chi connectivity index (χ2v) is 4.80. The Kier molecular flexibility index (Phi) is 4.95. The van der Waals surface area contributed by atoms with Crippen molar-refractivity contribution in [2.75, 3.05) is 11.9 Å². The molecule has 0 radical (unpaired) electrons. The van der Waals surface area contributed by atoms with Crippen molar-refractivity contribution >= 4 is 5.69 Å². The zero-order chi connectivity index (χ0) is 16.1. The fraction of sp³-hybridized carbons (Fsp3) is 0.235. The summed E-state index contributed by atoms with van der Waals surface area (Å²) in [7, 11) is 0. The molecule has 0 spiro atoms. The predicted octanol–water partition coefficient (Wildman–Crippen LogP) is 4.41. The number of benzene rings is 2. The van der Waals surface area contributed by atoms with Crippen LogP contribution in [0.15, 0.2) is 36.4 Å². The van der Waals surface area contributed by atoms with E-state index < -0.39 is 11.6 Å². The third-order valence-corrected chi connectivity index (χ3v) is 3.20. The summed E-state index contributed by atoms with van der Waals surface area (Å²) in [6, 6.07) is 10.7. The van der Waals surface area contributed by atoms with Crippen molar-refractivity contribution in [2.24, 2.45) is 0 Å². The lowest BCUT2D eigenvalue weighted by Crippen LogP contribution is -2.10. The molecular formula is C17H16F2N2O. The van der Waals surface area contributed by atoms with Gasteiger partial charge in [-0.2, -0.15) is 5.26 Å². The van der Waals surface area contributed by atoms with Crippen LogP contribution in [-0.4, -0.2) is 6.61 Å². The normalized spacial score (nSPS) is 11.6. The van der Waals surface area contributed by atoms with E-state index in [0.717, 1.165) is 17.7 Å². The summed E-state index contributed by atoms with van der Waals surface area (Å²) < 4.78 is 33.2. The fourth-order valence-electron chi connectivity index (χ4n) is 2.12. The summed E-state index contributed by atoms with van der Waals surface area (Å²) in [5, 5.41) is 11.5. The zero-order valence-electron chi connectivity index (χ0n) is 12.4. The zero-order valence-corrected chi connectivity index (χ0v) is 12.4. The number of hydrogen-bond donors (Lipinski definition) is 1. The van der Waals surface area contributed by atoms with Crippen LogP contribution >= 0.6 is 0 Å². The Morgan fingerprint density at radius 1 is 1.23 bits per heavy atom. The summed E-state index contributed by atoms with van der Waals surface area (Å²) in [6.45, 7) is 4.22. The molecule has 1 N–H and O–H groups in total.